The maximum atomic E-state index is 12.1. The third-order valence-corrected chi connectivity index (χ3v) is 13.2. The van der Waals surface area contributed by atoms with Crippen molar-refractivity contribution in [2.75, 3.05) is 12.3 Å². The minimum atomic E-state index is -2.80. The monoisotopic (exact) mass is 609 g/mol. The molecular formula is C28H32BrN5O4Si. The Bertz CT molecular complexity index is 1410. The highest BCUT2D eigenvalue weighted by Crippen LogP contribution is 2.41. The van der Waals surface area contributed by atoms with Crippen LogP contribution in [0.15, 0.2) is 73.3 Å². The quantitative estimate of drug-likeness (QED) is 0.192. The molecule has 4 unspecified atom stereocenters. The lowest BCUT2D eigenvalue weighted by atomic mass is 10.2. The molecule has 2 aromatic heterocycles. The van der Waals surface area contributed by atoms with Crippen LogP contribution in [0, 0.1) is 0 Å². The first-order valence-corrected chi connectivity index (χ1v) is 15.6. The first-order chi connectivity index (χ1) is 18.6. The predicted molar refractivity (Wildman–Crippen MR) is 155 cm³/mol. The van der Waals surface area contributed by atoms with Crippen LogP contribution in [0.1, 0.15) is 33.9 Å². The summed E-state index contributed by atoms with van der Waals surface area (Å²) in [6.45, 7) is 8.35. The first-order valence-electron chi connectivity index (χ1n) is 12.8. The summed E-state index contributed by atoms with van der Waals surface area (Å²) in [5.41, 5.74) is 6.96. The molecular weight excluding hydrogens is 578 g/mol. The summed E-state index contributed by atoms with van der Waals surface area (Å²) in [6.07, 6.45) is 1.19. The number of benzene rings is 2. The Morgan fingerprint density at radius 2 is 1.67 bits per heavy atom. The van der Waals surface area contributed by atoms with Gasteiger partial charge in [0.05, 0.1) is 23.9 Å². The van der Waals surface area contributed by atoms with Gasteiger partial charge in [0.15, 0.2) is 23.8 Å². The zero-order chi connectivity index (χ0) is 27.8. The Kier molecular flexibility index (Phi) is 7.60. The van der Waals surface area contributed by atoms with E-state index < -0.39 is 32.7 Å². The van der Waals surface area contributed by atoms with Crippen LogP contribution < -0.4 is 16.1 Å². The van der Waals surface area contributed by atoms with Crippen molar-refractivity contribution < 1.29 is 18.7 Å². The zero-order valence-electron chi connectivity index (χ0n) is 22.3. The van der Waals surface area contributed by atoms with Gasteiger partial charge in [-0.15, -0.1) is 0 Å². The topological polar surface area (TPSA) is 114 Å². The Labute approximate surface area is 237 Å². The number of hydrogen-bond donors (Lipinski definition) is 1. The molecule has 4 atom stereocenters. The molecule has 1 aliphatic rings. The normalized spacial score (nSPS) is 21.8. The molecule has 0 aliphatic carbocycles. The number of nitrogens with two attached hydrogens (primary N) is 1. The van der Waals surface area contributed by atoms with Crippen molar-refractivity contribution in [3.05, 3.63) is 73.3 Å². The predicted octanol–water partition coefficient (Wildman–Crippen LogP) is 3.58. The maximum Gasteiger partial charge on any atom is 0.303 e. The Balaban J connectivity index is 1.52. The van der Waals surface area contributed by atoms with Crippen LogP contribution in [0.25, 0.3) is 11.2 Å². The Morgan fingerprint density at radius 3 is 2.23 bits per heavy atom. The van der Waals surface area contributed by atoms with Crippen LogP contribution >= 0.6 is 15.9 Å². The Hall–Kier alpha value is -3.12. The summed E-state index contributed by atoms with van der Waals surface area (Å²) >= 11 is 3.78. The summed E-state index contributed by atoms with van der Waals surface area (Å²) in [5, 5.41) is 2.15. The number of ether oxygens (including phenoxy) is 2. The molecule has 1 fully saturated rings. The van der Waals surface area contributed by atoms with Gasteiger partial charge in [0.25, 0.3) is 8.32 Å². The number of esters is 1. The van der Waals surface area contributed by atoms with Crippen molar-refractivity contribution in [3.8, 4) is 0 Å². The van der Waals surface area contributed by atoms with E-state index in [2.05, 4.69) is 100 Å². The molecule has 2 N–H and O–H groups in total. The number of nitrogen functional groups attached to an aromatic ring is 1. The van der Waals surface area contributed by atoms with Gasteiger partial charge in [-0.2, -0.15) is 0 Å². The number of imidazole rings is 1. The third kappa shape index (κ3) is 4.99. The molecule has 3 heterocycles. The van der Waals surface area contributed by atoms with E-state index in [0.29, 0.717) is 11.2 Å². The van der Waals surface area contributed by atoms with Crippen molar-refractivity contribution >= 4 is 57.6 Å². The fourth-order valence-corrected chi connectivity index (χ4v) is 10.6. The lowest BCUT2D eigenvalue weighted by Gasteiger charge is -2.43. The van der Waals surface area contributed by atoms with Crippen LogP contribution in [0.5, 0.6) is 0 Å². The lowest BCUT2D eigenvalue weighted by molar-refractivity contribution is -0.152. The van der Waals surface area contributed by atoms with Crippen LogP contribution in [0.2, 0.25) is 5.04 Å². The number of alkyl halides is 1. The van der Waals surface area contributed by atoms with E-state index in [9.17, 15) is 4.79 Å². The van der Waals surface area contributed by atoms with Crippen LogP contribution in [-0.2, 0) is 18.7 Å². The summed E-state index contributed by atoms with van der Waals surface area (Å²) in [6, 6.07) is 20.9. The molecule has 2 aromatic carbocycles. The minimum Gasteiger partial charge on any atom is -0.456 e. The van der Waals surface area contributed by atoms with Gasteiger partial charge in [0.1, 0.15) is 11.8 Å². The van der Waals surface area contributed by atoms with Crippen molar-refractivity contribution in [3.63, 3.8) is 0 Å². The summed E-state index contributed by atoms with van der Waals surface area (Å²) in [7, 11) is -2.80. The van der Waals surface area contributed by atoms with Crippen LogP contribution in [0.4, 0.5) is 5.82 Å². The van der Waals surface area contributed by atoms with E-state index in [1.165, 1.54) is 23.6 Å². The summed E-state index contributed by atoms with van der Waals surface area (Å²) in [4.78, 5) is 24.5. The number of carbonyl (C=O) groups is 1. The third-order valence-electron chi connectivity index (χ3n) is 7.11. The molecule has 0 saturated carbocycles. The molecule has 1 saturated heterocycles. The van der Waals surface area contributed by atoms with Crippen molar-refractivity contribution in [1.29, 1.82) is 0 Å². The molecule has 0 amide bonds. The Morgan fingerprint density at radius 1 is 1.05 bits per heavy atom. The van der Waals surface area contributed by atoms with E-state index in [1.807, 2.05) is 12.1 Å². The van der Waals surface area contributed by atoms with Gasteiger partial charge in [-0.3, -0.25) is 9.36 Å². The second kappa shape index (κ2) is 10.8. The molecule has 39 heavy (non-hydrogen) atoms. The molecule has 5 rings (SSSR count). The first kappa shape index (κ1) is 27.4. The van der Waals surface area contributed by atoms with Gasteiger partial charge in [-0.25, -0.2) is 15.0 Å². The zero-order valence-corrected chi connectivity index (χ0v) is 24.9. The van der Waals surface area contributed by atoms with Gasteiger partial charge < -0.3 is 19.6 Å². The van der Waals surface area contributed by atoms with Gasteiger partial charge in [-0.05, 0) is 15.4 Å². The largest absolute Gasteiger partial charge is 0.456 e. The van der Waals surface area contributed by atoms with Gasteiger partial charge in [-0.1, -0.05) is 97.4 Å². The molecule has 0 radical (unpaired) electrons. The fourth-order valence-electron chi connectivity index (χ4n) is 5.40. The van der Waals surface area contributed by atoms with E-state index in [4.69, 9.17) is 19.6 Å². The highest BCUT2D eigenvalue weighted by Gasteiger charge is 2.53. The van der Waals surface area contributed by atoms with Gasteiger partial charge >= 0.3 is 5.97 Å². The lowest BCUT2D eigenvalue weighted by Crippen LogP contribution is -2.67. The maximum absolute atomic E-state index is 12.1. The number of anilines is 1. The highest BCUT2D eigenvalue weighted by atomic mass is 79.9. The van der Waals surface area contributed by atoms with E-state index in [-0.39, 0.29) is 22.3 Å². The fraction of sp³-hybridized carbons (Fsp3) is 0.357. The number of halogens is 1. The number of carbonyl (C=O) groups excluding carboxylic acids is 1. The second-order valence-corrected chi connectivity index (χ2v) is 16.0. The highest BCUT2D eigenvalue weighted by molar-refractivity contribution is 9.09. The molecule has 0 bridgehead atoms. The van der Waals surface area contributed by atoms with Crippen LogP contribution in [0.3, 0.4) is 0 Å². The number of aromatic nitrogens is 4. The summed E-state index contributed by atoms with van der Waals surface area (Å²) < 4.78 is 21.2. The molecule has 0 spiro atoms. The molecule has 1 aliphatic heterocycles. The molecule has 11 heteroatoms. The van der Waals surface area contributed by atoms with Crippen molar-refractivity contribution in [2.45, 2.75) is 56.0 Å². The van der Waals surface area contributed by atoms with Gasteiger partial charge in [0.2, 0.25) is 0 Å². The molecule has 9 nitrogen and oxygen atoms in total. The van der Waals surface area contributed by atoms with E-state index in [1.54, 1.807) is 10.9 Å². The molecule has 204 valence electrons. The van der Waals surface area contributed by atoms with Crippen molar-refractivity contribution in [2.24, 2.45) is 0 Å². The second-order valence-electron chi connectivity index (χ2n) is 10.6. The van der Waals surface area contributed by atoms with E-state index in [0.717, 1.165) is 0 Å². The van der Waals surface area contributed by atoms with Crippen molar-refractivity contribution in [1.82, 2.24) is 19.5 Å². The standard InChI is InChI=1S/C28H32BrN5O4Si/c1-18(35)37-24-22(29)21(38-27(24)34-17-33-23-25(30)31-16-32-26(23)34)15-36-39(28(2,3)4,19-11-7-5-8-12-19)20-13-9-6-10-14-20/h5-14,16-17,21-22,24,27H,15H2,1-4H3,(H2,30,31,32). The van der Waals surface area contributed by atoms with Crippen LogP contribution in [-0.4, -0.2) is 57.4 Å². The SMILES string of the molecule is CC(=O)OC1C(Br)C(CO[Si](c2ccccc2)(c2ccccc2)C(C)(C)C)OC1n1cnc2c(N)ncnc21. The average molecular weight is 611 g/mol. The molecule has 4 aromatic rings. The van der Waals surface area contributed by atoms with E-state index >= 15 is 0 Å². The average Bonchev–Trinajstić information content (AvgIpc) is 3.47. The minimum absolute atomic E-state index is 0.195. The number of nitrogens with zero attached hydrogens (tertiary/aromatic N) is 4. The van der Waals surface area contributed by atoms with Gasteiger partial charge in [0, 0.05) is 6.92 Å². The smallest absolute Gasteiger partial charge is 0.303 e. The number of hydrogen-bond acceptors (Lipinski definition) is 8. The number of fused-ring (bicyclic) bond motifs is 1. The summed E-state index contributed by atoms with van der Waals surface area (Å²) in [5.74, 6) is -0.145. The number of rotatable bonds is 7.